The molecular weight excluding hydrogens is 428 g/mol. The maximum absolute atomic E-state index is 7.68. The van der Waals surface area contributed by atoms with E-state index in [1.165, 1.54) is 42.5 Å². The molecule has 2 heterocycles. The van der Waals surface area contributed by atoms with Crippen LogP contribution in [0.4, 0.5) is 5.69 Å². The fourth-order valence-corrected chi connectivity index (χ4v) is 5.93. The van der Waals surface area contributed by atoms with Gasteiger partial charge in [-0.1, -0.05) is 55.3 Å². The van der Waals surface area contributed by atoms with Gasteiger partial charge < -0.3 is 4.42 Å². The van der Waals surface area contributed by atoms with Crippen molar-refractivity contribution in [3.05, 3.63) is 95.0 Å². The van der Waals surface area contributed by atoms with E-state index in [-0.39, 0.29) is 0 Å². The Hall–Kier alpha value is -3.90. The zero-order valence-corrected chi connectivity index (χ0v) is 20.6. The highest BCUT2D eigenvalue weighted by Gasteiger charge is 2.27. The minimum atomic E-state index is 0.628. The first kappa shape index (κ1) is 21.6. The molecule has 0 spiro atoms. The van der Waals surface area contributed by atoms with Crippen molar-refractivity contribution in [2.45, 2.75) is 45.4 Å². The molecule has 0 unspecified atom stereocenters. The van der Waals surface area contributed by atoms with Gasteiger partial charge in [-0.3, -0.25) is 0 Å². The molecule has 35 heavy (non-hydrogen) atoms. The van der Waals surface area contributed by atoms with Crippen molar-refractivity contribution in [2.24, 2.45) is 7.05 Å². The van der Waals surface area contributed by atoms with E-state index in [0.29, 0.717) is 11.6 Å². The van der Waals surface area contributed by atoms with Crippen LogP contribution in [0.15, 0.2) is 71.1 Å². The van der Waals surface area contributed by atoms with Gasteiger partial charge in [-0.2, -0.15) is 4.57 Å². The first-order valence-electron chi connectivity index (χ1n) is 12.5. The van der Waals surface area contributed by atoms with Crippen molar-refractivity contribution >= 4 is 27.6 Å². The third kappa shape index (κ3) is 3.44. The van der Waals surface area contributed by atoms with Gasteiger partial charge in [0, 0.05) is 34.9 Å². The number of hydrogen-bond acceptors (Lipinski definition) is 1. The Bertz CT molecular complexity index is 1630. The molecule has 0 amide bonds. The van der Waals surface area contributed by atoms with Crippen molar-refractivity contribution in [3.63, 3.8) is 0 Å². The second-order valence-corrected chi connectivity index (χ2v) is 9.88. The van der Waals surface area contributed by atoms with Crippen molar-refractivity contribution in [1.29, 1.82) is 0 Å². The van der Waals surface area contributed by atoms with E-state index < -0.39 is 0 Å². The number of aromatic nitrogens is 1. The van der Waals surface area contributed by atoms with E-state index in [2.05, 4.69) is 66.7 Å². The summed E-state index contributed by atoms with van der Waals surface area (Å²) in [6.45, 7) is 12.1. The second kappa shape index (κ2) is 8.40. The minimum Gasteiger partial charge on any atom is -0.455 e. The Kier molecular flexibility index (Phi) is 5.19. The summed E-state index contributed by atoms with van der Waals surface area (Å²) in [7, 11) is 2.18. The molecule has 3 aromatic carbocycles. The van der Waals surface area contributed by atoms with Gasteiger partial charge in [0.1, 0.15) is 18.2 Å². The van der Waals surface area contributed by atoms with Gasteiger partial charge >= 0.3 is 0 Å². The van der Waals surface area contributed by atoms with E-state index in [0.717, 1.165) is 44.3 Å². The van der Waals surface area contributed by atoms with Crippen molar-refractivity contribution < 1.29 is 8.98 Å². The van der Waals surface area contributed by atoms with E-state index in [1.807, 2.05) is 30.3 Å². The second-order valence-electron chi connectivity index (χ2n) is 9.88. The summed E-state index contributed by atoms with van der Waals surface area (Å²) in [6.07, 6.45) is 5.26. The van der Waals surface area contributed by atoms with Crippen LogP contribution in [0.5, 0.6) is 0 Å². The van der Waals surface area contributed by atoms with E-state index in [4.69, 9.17) is 11.0 Å². The Morgan fingerprint density at radius 3 is 2.40 bits per heavy atom. The maximum atomic E-state index is 7.68. The molecule has 172 valence electrons. The molecule has 0 aliphatic heterocycles. The zero-order chi connectivity index (χ0) is 24.1. The summed E-state index contributed by atoms with van der Waals surface area (Å²) >= 11 is 0. The smallest absolute Gasteiger partial charge is 0.216 e. The van der Waals surface area contributed by atoms with Crippen LogP contribution in [0.2, 0.25) is 0 Å². The van der Waals surface area contributed by atoms with Crippen LogP contribution in [0.1, 0.15) is 48.4 Å². The van der Waals surface area contributed by atoms with Crippen LogP contribution < -0.4 is 4.57 Å². The molecule has 1 fully saturated rings. The molecule has 0 saturated heterocycles. The predicted octanol–water partition coefficient (Wildman–Crippen LogP) is 8.57. The number of furan rings is 1. The lowest BCUT2D eigenvalue weighted by Gasteiger charge is -2.14. The first-order chi connectivity index (χ1) is 17.1. The minimum absolute atomic E-state index is 0.628. The molecular formula is C32H29N2O+. The lowest BCUT2D eigenvalue weighted by molar-refractivity contribution is -0.667. The van der Waals surface area contributed by atoms with Crippen molar-refractivity contribution in [1.82, 2.24) is 0 Å². The molecule has 1 aliphatic carbocycles. The Morgan fingerprint density at radius 2 is 1.66 bits per heavy atom. The highest BCUT2D eigenvalue weighted by atomic mass is 16.3. The largest absolute Gasteiger partial charge is 0.455 e. The van der Waals surface area contributed by atoms with Gasteiger partial charge in [-0.05, 0) is 55.0 Å². The summed E-state index contributed by atoms with van der Waals surface area (Å²) in [6, 6.07) is 23.1. The number of rotatable bonds is 3. The van der Waals surface area contributed by atoms with Gasteiger partial charge in [0.05, 0.1) is 12.1 Å². The summed E-state index contributed by atoms with van der Waals surface area (Å²) < 4.78 is 9.05. The molecule has 3 nitrogen and oxygen atoms in total. The molecule has 0 radical (unpaired) electrons. The van der Waals surface area contributed by atoms with E-state index in [1.54, 1.807) is 0 Å². The van der Waals surface area contributed by atoms with Crippen LogP contribution in [-0.2, 0) is 7.05 Å². The van der Waals surface area contributed by atoms with Gasteiger partial charge in [0.15, 0.2) is 11.4 Å². The summed E-state index contributed by atoms with van der Waals surface area (Å²) in [4.78, 5) is 3.77. The molecule has 6 rings (SSSR count). The third-order valence-electron chi connectivity index (χ3n) is 7.90. The first-order valence-corrected chi connectivity index (χ1v) is 12.5. The highest BCUT2D eigenvalue weighted by Crippen LogP contribution is 2.43. The van der Waals surface area contributed by atoms with Gasteiger partial charge in [0.2, 0.25) is 5.69 Å². The normalized spacial score (nSPS) is 14.1. The van der Waals surface area contributed by atoms with Crippen molar-refractivity contribution in [3.8, 4) is 22.4 Å². The standard InChI is InChI=1S/C32H29N2O/c1-20-14-15-26-28-19-24(33-3)18-27(23-10-6-5-7-11-23)31(28)35-32(26)30(20)29-17-16-25(21(2)34(29)4)22-12-8-9-13-22/h5-7,10-11,14-19,22H,8-9,12-13H2,1-2,4H3/q+1. The molecule has 3 heteroatoms. The van der Waals surface area contributed by atoms with Gasteiger partial charge in [-0.15, -0.1) is 0 Å². The van der Waals surface area contributed by atoms with Gasteiger partial charge in [-0.25, -0.2) is 4.85 Å². The number of nitrogens with zero attached hydrogens (tertiary/aromatic N) is 2. The predicted molar refractivity (Wildman–Crippen MR) is 143 cm³/mol. The van der Waals surface area contributed by atoms with Crippen LogP contribution in [-0.4, -0.2) is 0 Å². The van der Waals surface area contributed by atoms with Gasteiger partial charge in [0.25, 0.3) is 0 Å². The summed E-state index contributed by atoms with van der Waals surface area (Å²) in [5.41, 5.74) is 10.7. The van der Waals surface area contributed by atoms with E-state index in [9.17, 15) is 0 Å². The van der Waals surface area contributed by atoms with Crippen LogP contribution in [0.25, 0.3) is 49.2 Å². The molecule has 0 N–H and O–H groups in total. The Morgan fingerprint density at radius 1 is 0.886 bits per heavy atom. The maximum Gasteiger partial charge on any atom is 0.216 e. The topological polar surface area (TPSA) is 21.4 Å². The fraction of sp³-hybridized carbons (Fsp3) is 0.250. The van der Waals surface area contributed by atoms with Crippen molar-refractivity contribution in [2.75, 3.05) is 0 Å². The average Bonchev–Trinajstić information content (AvgIpc) is 3.54. The SMILES string of the molecule is [C-]#[N+]c1cc(-c2ccccc2)c2oc3c(-c4ccc(C5CCCC5)c(C)[n+]4C)c(C)ccc3c2c1. The monoisotopic (exact) mass is 457 g/mol. The van der Waals surface area contributed by atoms with Crippen LogP contribution in [0, 0.1) is 20.4 Å². The Balaban J connectivity index is 1.63. The molecule has 1 saturated carbocycles. The zero-order valence-electron chi connectivity index (χ0n) is 20.6. The molecule has 2 aromatic heterocycles. The number of aryl methyl sites for hydroxylation is 1. The Labute approximate surface area is 206 Å². The number of benzene rings is 3. The molecule has 0 bridgehead atoms. The average molecular weight is 458 g/mol. The summed E-state index contributed by atoms with van der Waals surface area (Å²) in [5.74, 6) is 0.679. The molecule has 5 aromatic rings. The molecule has 1 aliphatic rings. The quantitative estimate of drug-likeness (QED) is 0.196. The van der Waals surface area contributed by atoms with Crippen LogP contribution in [0.3, 0.4) is 0 Å². The lowest BCUT2D eigenvalue weighted by atomic mass is 9.94. The number of pyridine rings is 1. The highest BCUT2D eigenvalue weighted by molar-refractivity contribution is 6.14. The fourth-order valence-electron chi connectivity index (χ4n) is 5.93. The summed E-state index contributed by atoms with van der Waals surface area (Å²) in [5, 5.41) is 2.05. The third-order valence-corrected chi connectivity index (χ3v) is 7.90. The van der Waals surface area contributed by atoms with E-state index >= 15 is 0 Å². The number of fused-ring (bicyclic) bond motifs is 3. The number of hydrogen-bond donors (Lipinski definition) is 0. The molecule has 0 atom stereocenters. The lowest BCUT2D eigenvalue weighted by Crippen LogP contribution is -2.36. The van der Waals surface area contributed by atoms with Crippen LogP contribution >= 0.6 is 0 Å².